The third-order valence-corrected chi connectivity index (χ3v) is 6.06. The number of nitrogens with one attached hydrogen (secondary N) is 2. The number of H-pyrrole nitrogens is 1. The molecule has 0 bridgehead atoms. The highest BCUT2D eigenvalue weighted by atomic mass is 32.1. The molecule has 3 rings (SSSR count). The molecule has 0 aliphatic carbocycles. The van der Waals surface area contributed by atoms with Gasteiger partial charge in [0.25, 0.3) is 5.56 Å². The van der Waals surface area contributed by atoms with Crippen molar-refractivity contribution in [1.29, 1.82) is 0 Å². The molecule has 2 N–H and O–H groups in total. The van der Waals surface area contributed by atoms with E-state index < -0.39 is 0 Å². The molecule has 7 nitrogen and oxygen atoms in total. The van der Waals surface area contributed by atoms with Gasteiger partial charge in [0, 0.05) is 38.3 Å². The lowest BCUT2D eigenvalue weighted by Crippen LogP contribution is -2.44. The third kappa shape index (κ3) is 7.00. The van der Waals surface area contributed by atoms with Crippen LogP contribution in [0.5, 0.6) is 0 Å². The average Bonchev–Trinajstić information content (AvgIpc) is 2.75. The fourth-order valence-electron chi connectivity index (χ4n) is 3.76. The Morgan fingerprint density at radius 2 is 2.03 bits per heavy atom. The molecule has 2 aromatic rings. The lowest BCUT2D eigenvalue weighted by molar-refractivity contribution is 0.0376. The van der Waals surface area contributed by atoms with Gasteiger partial charge in [-0.2, -0.15) is 0 Å². The highest BCUT2D eigenvalue weighted by molar-refractivity contribution is 7.80. The topological polar surface area (TPSA) is 63.8 Å². The smallest absolute Gasteiger partial charge is 0.253 e. The van der Waals surface area contributed by atoms with Gasteiger partial charge in [0.2, 0.25) is 0 Å². The zero-order valence-corrected chi connectivity index (χ0v) is 19.8. The summed E-state index contributed by atoms with van der Waals surface area (Å²) in [5, 5.41) is 5.15. The average molecular weight is 446 g/mol. The van der Waals surface area contributed by atoms with Gasteiger partial charge < -0.3 is 24.8 Å². The minimum atomic E-state index is -0.0493. The first-order valence-corrected chi connectivity index (χ1v) is 11.4. The van der Waals surface area contributed by atoms with Crippen LogP contribution in [-0.4, -0.2) is 91.4 Å². The molecule has 0 saturated carbocycles. The standard InChI is InChI=1S/C23H35N5O2S/c1-18-6-4-7-19-16-20(22(29)25-21(18)19)17-28(11-10-26(2)3)23(31)24-8-5-9-27-12-14-30-15-13-27/h4,6-7,16H,5,8-15,17H2,1-3H3,(H,24,31)(H,25,29). The van der Waals surface area contributed by atoms with Crippen molar-refractivity contribution in [3.05, 3.63) is 45.7 Å². The fourth-order valence-corrected chi connectivity index (χ4v) is 4.02. The second-order valence-electron chi connectivity index (χ2n) is 8.43. The first-order chi connectivity index (χ1) is 14.9. The number of aromatic nitrogens is 1. The number of likely N-dealkylation sites (N-methyl/N-ethyl adjacent to an activating group) is 1. The molecule has 0 radical (unpaired) electrons. The molecule has 1 aromatic heterocycles. The molecule has 1 saturated heterocycles. The largest absolute Gasteiger partial charge is 0.379 e. The second kappa shape index (κ2) is 11.6. The van der Waals surface area contributed by atoms with Gasteiger partial charge in [0.1, 0.15) is 0 Å². The van der Waals surface area contributed by atoms with E-state index in [4.69, 9.17) is 17.0 Å². The zero-order chi connectivity index (χ0) is 22.2. The van der Waals surface area contributed by atoms with Crippen LogP contribution < -0.4 is 10.9 Å². The molecule has 170 valence electrons. The maximum atomic E-state index is 12.7. The minimum absolute atomic E-state index is 0.0493. The first kappa shape index (κ1) is 23.7. The van der Waals surface area contributed by atoms with Crippen molar-refractivity contribution in [2.24, 2.45) is 0 Å². The summed E-state index contributed by atoms with van der Waals surface area (Å²) in [5.41, 5.74) is 2.66. The molecule has 0 atom stereocenters. The van der Waals surface area contributed by atoms with Gasteiger partial charge in [-0.3, -0.25) is 9.69 Å². The van der Waals surface area contributed by atoms with Crippen molar-refractivity contribution in [3.8, 4) is 0 Å². The highest BCUT2D eigenvalue weighted by Gasteiger charge is 2.15. The number of rotatable bonds is 9. The Morgan fingerprint density at radius 3 is 2.77 bits per heavy atom. The molecule has 1 fully saturated rings. The third-order valence-electron chi connectivity index (χ3n) is 5.66. The van der Waals surface area contributed by atoms with E-state index in [1.807, 2.05) is 45.3 Å². The Hall–Kier alpha value is -2.00. The fraction of sp³-hybridized carbons (Fsp3) is 0.565. The van der Waals surface area contributed by atoms with E-state index in [0.717, 1.165) is 80.9 Å². The van der Waals surface area contributed by atoms with Crippen LogP contribution in [0.15, 0.2) is 29.1 Å². The number of fused-ring (bicyclic) bond motifs is 1. The highest BCUT2D eigenvalue weighted by Crippen LogP contribution is 2.16. The maximum Gasteiger partial charge on any atom is 0.253 e. The van der Waals surface area contributed by atoms with Crippen molar-refractivity contribution < 1.29 is 4.74 Å². The van der Waals surface area contributed by atoms with E-state index in [2.05, 4.69) is 25.0 Å². The Balaban J connectivity index is 1.62. The second-order valence-corrected chi connectivity index (χ2v) is 8.81. The van der Waals surface area contributed by atoms with Crippen LogP contribution in [0.3, 0.4) is 0 Å². The van der Waals surface area contributed by atoms with Gasteiger partial charge in [-0.05, 0) is 63.2 Å². The van der Waals surface area contributed by atoms with Crippen LogP contribution in [0.4, 0.5) is 0 Å². The molecule has 0 spiro atoms. The van der Waals surface area contributed by atoms with Gasteiger partial charge in [0.15, 0.2) is 5.11 Å². The summed E-state index contributed by atoms with van der Waals surface area (Å²) in [6.45, 7) is 9.64. The number of hydrogen-bond acceptors (Lipinski definition) is 5. The first-order valence-electron chi connectivity index (χ1n) is 11.0. The molecular formula is C23H35N5O2S. The van der Waals surface area contributed by atoms with Crippen LogP contribution >= 0.6 is 12.2 Å². The Morgan fingerprint density at radius 1 is 1.26 bits per heavy atom. The van der Waals surface area contributed by atoms with E-state index in [1.54, 1.807) is 0 Å². The number of thiocarbonyl (C=S) groups is 1. The summed E-state index contributed by atoms with van der Waals surface area (Å²) in [7, 11) is 4.09. The van der Waals surface area contributed by atoms with Gasteiger partial charge in [-0.15, -0.1) is 0 Å². The number of nitrogens with zero attached hydrogens (tertiary/aromatic N) is 3. The maximum absolute atomic E-state index is 12.7. The quantitative estimate of drug-likeness (QED) is 0.451. The molecular weight excluding hydrogens is 410 g/mol. The Labute approximate surface area is 190 Å². The molecule has 1 aliphatic rings. The molecule has 31 heavy (non-hydrogen) atoms. The van der Waals surface area contributed by atoms with Crippen molar-refractivity contribution in [2.45, 2.75) is 19.9 Å². The van der Waals surface area contributed by atoms with Gasteiger partial charge >= 0.3 is 0 Å². The van der Waals surface area contributed by atoms with Crippen molar-refractivity contribution in [1.82, 2.24) is 25.0 Å². The van der Waals surface area contributed by atoms with Crippen molar-refractivity contribution in [2.75, 3.05) is 66.6 Å². The number of pyridine rings is 1. The lowest BCUT2D eigenvalue weighted by atomic mass is 10.1. The molecule has 0 unspecified atom stereocenters. The van der Waals surface area contributed by atoms with Gasteiger partial charge in [-0.25, -0.2) is 0 Å². The normalized spacial score (nSPS) is 14.8. The van der Waals surface area contributed by atoms with Crippen molar-refractivity contribution in [3.63, 3.8) is 0 Å². The predicted molar refractivity (Wildman–Crippen MR) is 131 cm³/mol. The molecule has 2 heterocycles. The summed E-state index contributed by atoms with van der Waals surface area (Å²) in [4.78, 5) is 22.4. The van der Waals surface area contributed by atoms with E-state index in [0.29, 0.717) is 11.7 Å². The lowest BCUT2D eigenvalue weighted by Gasteiger charge is -2.28. The summed E-state index contributed by atoms with van der Waals surface area (Å²) < 4.78 is 5.40. The van der Waals surface area contributed by atoms with Gasteiger partial charge in [0.05, 0.1) is 25.3 Å². The number of hydrogen-bond donors (Lipinski definition) is 2. The molecule has 1 aliphatic heterocycles. The monoisotopic (exact) mass is 445 g/mol. The van der Waals surface area contributed by atoms with Crippen LogP contribution in [0.2, 0.25) is 0 Å². The summed E-state index contributed by atoms with van der Waals surface area (Å²) in [6.07, 6.45) is 1.03. The number of aryl methyl sites for hydroxylation is 1. The summed E-state index contributed by atoms with van der Waals surface area (Å²) in [5.74, 6) is 0. The minimum Gasteiger partial charge on any atom is -0.379 e. The number of morpholine rings is 1. The number of para-hydroxylation sites is 1. The number of ether oxygens (including phenoxy) is 1. The summed E-state index contributed by atoms with van der Waals surface area (Å²) in [6, 6.07) is 8.06. The molecule has 8 heteroatoms. The Kier molecular flexibility index (Phi) is 8.83. The summed E-state index contributed by atoms with van der Waals surface area (Å²) >= 11 is 5.71. The molecule has 0 amide bonds. The molecule has 1 aromatic carbocycles. The van der Waals surface area contributed by atoms with Crippen LogP contribution in [0.25, 0.3) is 10.9 Å². The van der Waals surface area contributed by atoms with E-state index in [9.17, 15) is 4.79 Å². The number of aromatic amines is 1. The predicted octanol–water partition coefficient (Wildman–Crippen LogP) is 1.80. The number of benzene rings is 1. The van der Waals surface area contributed by atoms with Crippen LogP contribution in [-0.2, 0) is 11.3 Å². The van der Waals surface area contributed by atoms with E-state index >= 15 is 0 Å². The van der Waals surface area contributed by atoms with E-state index in [1.165, 1.54) is 0 Å². The van der Waals surface area contributed by atoms with Crippen LogP contribution in [0.1, 0.15) is 17.5 Å². The van der Waals surface area contributed by atoms with Crippen molar-refractivity contribution >= 4 is 28.2 Å². The van der Waals surface area contributed by atoms with E-state index in [-0.39, 0.29) is 5.56 Å². The Bertz CT molecular complexity index is 924. The SMILES string of the molecule is Cc1cccc2cc(CN(CCN(C)C)C(=S)NCCCN3CCOCC3)c(=O)[nH]c12. The zero-order valence-electron chi connectivity index (χ0n) is 18.9. The van der Waals surface area contributed by atoms with Crippen LogP contribution in [0, 0.1) is 6.92 Å². The van der Waals surface area contributed by atoms with Gasteiger partial charge in [-0.1, -0.05) is 18.2 Å².